The number of hydrogen-bond acceptors (Lipinski definition) is 3. The summed E-state index contributed by atoms with van der Waals surface area (Å²) >= 11 is 5.66. The fourth-order valence-electron chi connectivity index (χ4n) is 3.15. The molecule has 3 rings (SSSR count). The highest BCUT2D eigenvalue weighted by Gasteiger charge is 2.33. The third-order valence-electron chi connectivity index (χ3n) is 4.71. The van der Waals surface area contributed by atoms with E-state index in [9.17, 15) is 14.3 Å². The lowest BCUT2D eigenvalue weighted by atomic mass is 10.1. The number of carbonyl (C=O) groups is 1. The number of benzene rings is 1. The molecule has 1 saturated carbocycles. The summed E-state index contributed by atoms with van der Waals surface area (Å²) in [6, 6.07) is 4.16. The molecule has 5 nitrogen and oxygen atoms in total. The Morgan fingerprint density at radius 1 is 1.38 bits per heavy atom. The van der Waals surface area contributed by atoms with Gasteiger partial charge in [-0.1, -0.05) is 11.6 Å². The summed E-state index contributed by atoms with van der Waals surface area (Å²) < 4.78 is 13.5. The van der Waals surface area contributed by atoms with E-state index in [0.29, 0.717) is 25.2 Å². The number of aliphatic hydroxyl groups excluding tert-OH is 1. The van der Waals surface area contributed by atoms with Crippen LogP contribution in [-0.4, -0.2) is 59.8 Å². The van der Waals surface area contributed by atoms with Gasteiger partial charge in [0.15, 0.2) is 0 Å². The molecule has 132 valence electrons. The molecule has 0 unspecified atom stereocenters. The Labute approximate surface area is 146 Å². The Bertz CT molecular complexity index is 597. The van der Waals surface area contributed by atoms with Crippen LogP contribution in [-0.2, 0) is 0 Å². The Hall–Kier alpha value is -1.37. The normalized spacial score (nSPS) is 21.8. The molecule has 1 saturated heterocycles. The molecule has 1 atom stereocenters. The van der Waals surface area contributed by atoms with E-state index in [1.54, 1.807) is 11.0 Å². The van der Waals surface area contributed by atoms with Crippen molar-refractivity contribution in [3.05, 3.63) is 29.0 Å². The smallest absolute Gasteiger partial charge is 0.321 e. The molecule has 24 heavy (non-hydrogen) atoms. The van der Waals surface area contributed by atoms with Gasteiger partial charge in [-0.3, -0.25) is 4.90 Å². The summed E-state index contributed by atoms with van der Waals surface area (Å²) in [5.74, 6) is 0.227. The summed E-state index contributed by atoms with van der Waals surface area (Å²) in [6.07, 6.45) is 3.23. The topological polar surface area (TPSA) is 55.8 Å². The summed E-state index contributed by atoms with van der Waals surface area (Å²) in [7, 11) is 0. The van der Waals surface area contributed by atoms with Crippen molar-refractivity contribution in [2.45, 2.75) is 25.3 Å². The lowest BCUT2D eigenvalue weighted by Crippen LogP contribution is -2.56. The Morgan fingerprint density at radius 2 is 2.17 bits per heavy atom. The quantitative estimate of drug-likeness (QED) is 0.854. The van der Waals surface area contributed by atoms with Gasteiger partial charge < -0.3 is 15.3 Å². The molecular formula is C17H23ClFN3O2. The molecule has 2 amide bonds. The highest BCUT2D eigenvalue weighted by Crippen LogP contribution is 2.31. The second kappa shape index (κ2) is 7.68. The minimum absolute atomic E-state index is 0.0321. The van der Waals surface area contributed by atoms with Crippen molar-refractivity contribution in [3.8, 4) is 0 Å². The number of amides is 2. The highest BCUT2D eigenvalue weighted by atomic mass is 35.5. The average Bonchev–Trinajstić information content (AvgIpc) is 3.37. The van der Waals surface area contributed by atoms with Crippen LogP contribution in [0.15, 0.2) is 18.2 Å². The van der Waals surface area contributed by atoms with Gasteiger partial charge in [-0.25, -0.2) is 9.18 Å². The predicted octanol–water partition coefficient (Wildman–Crippen LogP) is 2.79. The van der Waals surface area contributed by atoms with Crippen LogP contribution < -0.4 is 5.32 Å². The summed E-state index contributed by atoms with van der Waals surface area (Å²) in [6.45, 7) is 3.20. The molecule has 1 heterocycles. The van der Waals surface area contributed by atoms with Gasteiger partial charge in [0, 0.05) is 44.5 Å². The summed E-state index contributed by atoms with van der Waals surface area (Å²) in [4.78, 5) is 16.6. The third kappa shape index (κ3) is 4.37. The first-order chi connectivity index (χ1) is 11.6. The van der Waals surface area contributed by atoms with Gasteiger partial charge in [0.1, 0.15) is 5.82 Å². The number of halogens is 2. The van der Waals surface area contributed by atoms with Crippen molar-refractivity contribution >= 4 is 23.3 Å². The number of hydrogen-bond donors (Lipinski definition) is 2. The lowest BCUT2D eigenvalue weighted by Gasteiger charge is -2.41. The minimum atomic E-state index is -0.554. The van der Waals surface area contributed by atoms with Crippen LogP contribution in [0.4, 0.5) is 14.9 Å². The first-order valence-corrected chi connectivity index (χ1v) is 8.80. The zero-order valence-electron chi connectivity index (χ0n) is 13.5. The average molecular weight is 356 g/mol. The van der Waals surface area contributed by atoms with Crippen LogP contribution >= 0.6 is 11.6 Å². The molecule has 0 radical (unpaired) electrons. The van der Waals surface area contributed by atoms with E-state index >= 15 is 0 Å². The maximum absolute atomic E-state index is 13.5. The van der Waals surface area contributed by atoms with E-state index < -0.39 is 5.82 Å². The number of rotatable bonds is 5. The molecule has 0 bridgehead atoms. The van der Waals surface area contributed by atoms with Crippen LogP contribution in [0.25, 0.3) is 0 Å². The van der Waals surface area contributed by atoms with Crippen molar-refractivity contribution in [3.63, 3.8) is 0 Å². The Balaban J connectivity index is 1.59. The van der Waals surface area contributed by atoms with Gasteiger partial charge in [0.05, 0.1) is 5.02 Å². The largest absolute Gasteiger partial charge is 0.396 e. The second-order valence-corrected chi connectivity index (χ2v) is 7.02. The van der Waals surface area contributed by atoms with E-state index in [4.69, 9.17) is 11.6 Å². The monoisotopic (exact) mass is 355 g/mol. The van der Waals surface area contributed by atoms with E-state index in [1.807, 2.05) is 0 Å². The number of urea groups is 1. The summed E-state index contributed by atoms with van der Waals surface area (Å²) in [5, 5.41) is 12.1. The van der Waals surface area contributed by atoms with Crippen LogP contribution in [0, 0.1) is 11.7 Å². The fraction of sp³-hybridized carbons (Fsp3) is 0.588. The number of anilines is 1. The van der Waals surface area contributed by atoms with Crippen LogP contribution in [0.3, 0.4) is 0 Å². The van der Waals surface area contributed by atoms with Crippen molar-refractivity contribution < 1.29 is 14.3 Å². The molecule has 1 aliphatic heterocycles. The lowest BCUT2D eigenvalue weighted by molar-refractivity contribution is 0.0739. The standard InChI is InChI=1S/C17H23ClFN3O2/c18-15-4-3-13(9-16(15)19)20-17(24)22-7-6-21(10-12-1-2-12)14(11-22)5-8-23/h3-4,9,12,14,23H,1-2,5-8,10-11H2,(H,20,24)/t14-/m1/s1. The van der Waals surface area contributed by atoms with E-state index in [1.165, 1.54) is 25.0 Å². The van der Waals surface area contributed by atoms with Gasteiger partial charge in [0.25, 0.3) is 0 Å². The minimum Gasteiger partial charge on any atom is -0.396 e. The van der Waals surface area contributed by atoms with Gasteiger partial charge in [-0.15, -0.1) is 0 Å². The van der Waals surface area contributed by atoms with Crippen molar-refractivity contribution in [1.82, 2.24) is 9.80 Å². The Morgan fingerprint density at radius 3 is 2.83 bits per heavy atom. The van der Waals surface area contributed by atoms with E-state index in [0.717, 1.165) is 19.0 Å². The van der Waals surface area contributed by atoms with Crippen molar-refractivity contribution in [2.24, 2.45) is 5.92 Å². The number of nitrogens with zero attached hydrogens (tertiary/aromatic N) is 2. The molecule has 1 aliphatic carbocycles. The maximum atomic E-state index is 13.5. The molecule has 2 N–H and O–H groups in total. The molecule has 1 aromatic carbocycles. The van der Waals surface area contributed by atoms with Crippen LogP contribution in [0.5, 0.6) is 0 Å². The predicted molar refractivity (Wildman–Crippen MR) is 91.8 cm³/mol. The number of carbonyl (C=O) groups excluding carboxylic acids is 1. The van der Waals surface area contributed by atoms with Crippen molar-refractivity contribution in [1.29, 1.82) is 0 Å². The number of piperazine rings is 1. The maximum Gasteiger partial charge on any atom is 0.321 e. The molecule has 0 spiro atoms. The van der Waals surface area contributed by atoms with Gasteiger partial charge >= 0.3 is 6.03 Å². The first kappa shape index (κ1) is 17.5. The zero-order chi connectivity index (χ0) is 17.1. The molecule has 2 fully saturated rings. The van der Waals surface area contributed by atoms with Crippen molar-refractivity contribution in [2.75, 3.05) is 38.1 Å². The summed E-state index contributed by atoms with van der Waals surface area (Å²) in [5.41, 5.74) is 0.390. The van der Waals surface area contributed by atoms with Gasteiger partial charge in [-0.05, 0) is 43.4 Å². The SMILES string of the molecule is O=C(Nc1ccc(Cl)c(F)c1)N1CCN(CC2CC2)[C@H](CCO)C1. The van der Waals surface area contributed by atoms with E-state index in [2.05, 4.69) is 10.2 Å². The van der Waals surface area contributed by atoms with Crippen LogP contribution in [0.2, 0.25) is 5.02 Å². The van der Waals surface area contributed by atoms with E-state index in [-0.39, 0.29) is 23.7 Å². The zero-order valence-corrected chi connectivity index (χ0v) is 14.3. The molecule has 0 aromatic heterocycles. The van der Waals surface area contributed by atoms with Gasteiger partial charge in [-0.2, -0.15) is 0 Å². The third-order valence-corrected chi connectivity index (χ3v) is 5.02. The highest BCUT2D eigenvalue weighted by molar-refractivity contribution is 6.30. The molecule has 1 aromatic rings. The fourth-order valence-corrected chi connectivity index (χ4v) is 3.27. The second-order valence-electron chi connectivity index (χ2n) is 6.61. The van der Waals surface area contributed by atoms with Crippen LogP contribution in [0.1, 0.15) is 19.3 Å². The number of aliphatic hydroxyl groups is 1. The number of nitrogens with one attached hydrogen (secondary N) is 1. The Kier molecular flexibility index (Phi) is 5.58. The molecule has 2 aliphatic rings. The van der Waals surface area contributed by atoms with Gasteiger partial charge in [0.2, 0.25) is 0 Å². The first-order valence-electron chi connectivity index (χ1n) is 8.42. The molecule has 7 heteroatoms. The molecular weight excluding hydrogens is 333 g/mol.